The first kappa shape index (κ1) is 22.2. The van der Waals surface area contributed by atoms with Crippen molar-refractivity contribution >= 4 is 11.6 Å². The van der Waals surface area contributed by atoms with E-state index in [1.807, 2.05) is 67.7 Å². The Labute approximate surface area is 195 Å². The maximum absolute atomic E-state index is 6.00. The van der Waals surface area contributed by atoms with E-state index in [0.29, 0.717) is 18.9 Å². The van der Waals surface area contributed by atoms with Gasteiger partial charge in [0.2, 0.25) is 0 Å². The summed E-state index contributed by atoms with van der Waals surface area (Å²) < 4.78 is 11.8. The molecule has 3 aromatic rings. The summed E-state index contributed by atoms with van der Waals surface area (Å²) in [5.74, 6) is 7.81. The lowest BCUT2D eigenvalue weighted by atomic mass is 10.1. The van der Waals surface area contributed by atoms with Crippen LogP contribution < -0.4 is 9.47 Å². The van der Waals surface area contributed by atoms with Crippen LogP contribution in [0.3, 0.4) is 0 Å². The molecule has 0 spiro atoms. The quantitative estimate of drug-likeness (QED) is 0.437. The minimum absolute atomic E-state index is 0.576. The Morgan fingerprint density at radius 1 is 0.906 bits per heavy atom. The van der Waals surface area contributed by atoms with Crippen molar-refractivity contribution in [1.29, 1.82) is 0 Å². The van der Waals surface area contributed by atoms with Crippen LogP contribution in [0.4, 0.5) is 0 Å². The number of aromatic nitrogens is 1. The van der Waals surface area contributed by atoms with E-state index in [9.17, 15) is 0 Å². The van der Waals surface area contributed by atoms with Gasteiger partial charge in [-0.2, -0.15) is 0 Å². The van der Waals surface area contributed by atoms with E-state index in [1.54, 1.807) is 0 Å². The minimum atomic E-state index is 0.576. The average Bonchev–Trinajstić information content (AvgIpc) is 3.34. The van der Waals surface area contributed by atoms with E-state index in [-0.39, 0.29) is 0 Å². The summed E-state index contributed by atoms with van der Waals surface area (Å²) in [4.78, 5) is 6.92. The van der Waals surface area contributed by atoms with E-state index >= 15 is 0 Å². The van der Waals surface area contributed by atoms with Gasteiger partial charge in [-0.15, -0.1) is 0 Å². The van der Waals surface area contributed by atoms with Crippen LogP contribution >= 0.6 is 11.6 Å². The lowest BCUT2D eigenvalue weighted by Crippen LogP contribution is -2.25. The van der Waals surface area contributed by atoms with Gasteiger partial charge in [-0.25, -0.2) is 4.98 Å². The van der Waals surface area contributed by atoms with Crippen molar-refractivity contribution in [3.8, 4) is 34.5 Å². The van der Waals surface area contributed by atoms with Gasteiger partial charge >= 0.3 is 0 Å². The minimum Gasteiger partial charge on any atom is -0.490 e. The SMILES string of the molecule is CCOc1cc(C#Cc2ccc(-c3ccc(Cl)cc3)cn2)ccc1OCCN1CCCC1. The molecule has 1 aliphatic heterocycles. The second-order valence-corrected chi connectivity index (χ2v) is 8.12. The highest BCUT2D eigenvalue weighted by molar-refractivity contribution is 6.30. The third-order valence-corrected chi connectivity index (χ3v) is 5.64. The molecule has 0 bridgehead atoms. The fraction of sp³-hybridized carbons (Fsp3) is 0.296. The van der Waals surface area contributed by atoms with Gasteiger partial charge < -0.3 is 9.47 Å². The number of halogens is 1. The number of rotatable bonds is 7. The van der Waals surface area contributed by atoms with Crippen molar-refractivity contribution in [2.45, 2.75) is 19.8 Å². The van der Waals surface area contributed by atoms with Gasteiger partial charge in [0, 0.05) is 28.9 Å². The molecule has 164 valence electrons. The summed E-state index contributed by atoms with van der Waals surface area (Å²) in [6.07, 6.45) is 4.41. The van der Waals surface area contributed by atoms with Crippen molar-refractivity contribution in [3.05, 3.63) is 77.1 Å². The highest BCUT2D eigenvalue weighted by Gasteiger charge is 2.12. The molecule has 0 N–H and O–H groups in total. The second-order valence-electron chi connectivity index (χ2n) is 7.68. The van der Waals surface area contributed by atoms with E-state index < -0.39 is 0 Å². The van der Waals surface area contributed by atoms with Gasteiger partial charge in [0.15, 0.2) is 11.5 Å². The Kier molecular flexibility index (Phi) is 7.66. The van der Waals surface area contributed by atoms with Gasteiger partial charge in [-0.3, -0.25) is 4.90 Å². The summed E-state index contributed by atoms with van der Waals surface area (Å²) in [7, 11) is 0. The third kappa shape index (κ3) is 6.03. The average molecular weight is 447 g/mol. The predicted octanol–water partition coefficient (Wildman–Crippen LogP) is 5.68. The van der Waals surface area contributed by atoms with Crippen LogP contribution in [-0.4, -0.2) is 42.7 Å². The Hall–Kier alpha value is -3.00. The Bertz CT molecular complexity index is 1080. The molecule has 1 aromatic heterocycles. The first-order valence-corrected chi connectivity index (χ1v) is 11.4. The van der Waals surface area contributed by atoms with Crippen LogP contribution in [-0.2, 0) is 0 Å². The summed E-state index contributed by atoms with van der Waals surface area (Å²) in [5, 5.41) is 0.721. The van der Waals surface area contributed by atoms with Crippen molar-refractivity contribution in [2.75, 3.05) is 32.8 Å². The van der Waals surface area contributed by atoms with Crippen molar-refractivity contribution < 1.29 is 9.47 Å². The molecule has 4 rings (SSSR count). The molecule has 0 amide bonds. The van der Waals surface area contributed by atoms with Crippen LogP contribution in [0.5, 0.6) is 11.5 Å². The topological polar surface area (TPSA) is 34.6 Å². The Morgan fingerprint density at radius 2 is 1.69 bits per heavy atom. The van der Waals surface area contributed by atoms with Crippen molar-refractivity contribution in [2.24, 2.45) is 0 Å². The van der Waals surface area contributed by atoms with Crippen LogP contribution in [0.2, 0.25) is 5.02 Å². The summed E-state index contributed by atoms with van der Waals surface area (Å²) in [6, 6.07) is 17.5. The number of ether oxygens (including phenoxy) is 2. The monoisotopic (exact) mass is 446 g/mol. The molecule has 32 heavy (non-hydrogen) atoms. The molecular weight excluding hydrogens is 420 g/mol. The standard InChI is InChI=1S/C27H27ClN2O2/c1-2-31-27-19-21(6-14-26(27)32-18-17-30-15-3-4-16-30)5-12-25-13-9-23(20-29-25)22-7-10-24(28)11-8-22/h6-11,13-14,19-20H,2-4,15-18H2,1H3. The Balaban J connectivity index is 1.42. The van der Waals surface area contributed by atoms with Gasteiger partial charge in [0.05, 0.1) is 6.61 Å². The number of likely N-dealkylation sites (tertiary alicyclic amines) is 1. The molecule has 0 saturated carbocycles. The lowest BCUT2D eigenvalue weighted by Gasteiger charge is -2.16. The van der Waals surface area contributed by atoms with Crippen molar-refractivity contribution in [1.82, 2.24) is 9.88 Å². The Morgan fingerprint density at radius 3 is 2.41 bits per heavy atom. The molecule has 1 fully saturated rings. The molecule has 0 radical (unpaired) electrons. The van der Waals surface area contributed by atoms with E-state index in [2.05, 4.69) is 21.7 Å². The largest absolute Gasteiger partial charge is 0.490 e. The number of pyridine rings is 1. The maximum atomic E-state index is 6.00. The summed E-state index contributed by atoms with van der Waals surface area (Å²) in [6.45, 7) is 6.50. The molecule has 0 unspecified atom stereocenters. The summed E-state index contributed by atoms with van der Waals surface area (Å²) >= 11 is 5.96. The highest BCUT2D eigenvalue weighted by Crippen LogP contribution is 2.28. The number of benzene rings is 2. The lowest BCUT2D eigenvalue weighted by molar-refractivity contribution is 0.226. The number of nitrogens with zero attached hydrogens (tertiary/aromatic N) is 2. The van der Waals surface area contributed by atoms with Gasteiger partial charge in [0.25, 0.3) is 0 Å². The molecule has 0 atom stereocenters. The second kappa shape index (κ2) is 11.0. The zero-order valence-corrected chi connectivity index (χ0v) is 19.1. The fourth-order valence-electron chi connectivity index (χ4n) is 3.68. The van der Waals surface area contributed by atoms with Crippen LogP contribution in [0, 0.1) is 11.8 Å². The molecular formula is C27H27ClN2O2. The molecule has 2 heterocycles. The van der Waals surface area contributed by atoms with Gasteiger partial charge in [-0.1, -0.05) is 35.7 Å². The first-order valence-electron chi connectivity index (χ1n) is 11.1. The normalized spacial score (nSPS) is 13.4. The molecule has 1 saturated heterocycles. The van der Waals surface area contributed by atoms with E-state index in [1.165, 1.54) is 25.9 Å². The summed E-state index contributed by atoms with van der Waals surface area (Å²) in [5.41, 5.74) is 3.68. The van der Waals surface area contributed by atoms with Gasteiger partial charge in [0.1, 0.15) is 12.3 Å². The fourth-order valence-corrected chi connectivity index (χ4v) is 3.81. The maximum Gasteiger partial charge on any atom is 0.162 e. The third-order valence-electron chi connectivity index (χ3n) is 5.38. The zero-order chi connectivity index (χ0) is 22.2. The highest BCUT2D eigenvalue weighted by atomic mass is 35.5. The van der Waals surface area contributed by atoms with E-state index in [4.69, 9.17) is 21.1 Å². The van der Waals surface area contributed by atoms with Crippen LogP contribution in [0.1, 0.15) is 31.0 Å². The van der Waals surface area contributed by atoms with E-state index in [0.717, 1.165) is 39.8 Å². The zero-order valence-electron chi connectivity index (χ0n) is 18.3. The molecule has 4 nitrogen and oxygen atoms in total. The van der Waals surface area contributed by atoms with Crippen molar-refractivity contribution in [3.63, 3.8) is 0 Å². The number of hydrogen-bond acceptors (Lipinski definition) is 4. The molecule has 5 heteroatoms. The van der Waals surface area contributed by atoms with Gasteiger partial charge in [-0.05, 0) is 80.7 Å². The molecule has 1 aliphatic rings. The molecule has 2 aromatic carbocycles. The molecule has 0 aliphatic carbocycles. The van der Waals surface area contributed by atoms with Crippen LogP contribution in [0.15, 0.2) is 60.8 Å². The van der Waals surface area contributed by atoms with Crippen LogP contribution in [0.25, 0.3) is 11.1 Å². The number of hydrogen-bond donors (Lipinski definition) is 0. The predicted molar refractivity (Wildman–Crippen MR) is 129 cm³/mol. The smallest absolute Gasteiger partial charge is 0.162 e. The first-order chi connectivity index (χ1) is 15.7.